The molecule has 12 heteroatoms. The highest BCUT2D eigenvalue weighted by Crippen LogP contribution is 2.54. The molecule has 0 aromatic heterocycles. The van der Waals surface area contributed by atoms with E-state index in [4.69, 9.17) is 0 Å². The van der Waals surface area contributed by atoms with Crippen molar-refractivity contribution in [3.63, 3.8) is 0 Å². The first-order valence-electron chi connectivity index (χ1n) is 8.27. The van der Waals surface area contributed by atoms with E-state index in [1.165, 1.54) is 78.8 Å². The van der Waals surface area contributed by atoms with E-state index in [0.29, 0.717) is 0 Å². The summed E-state index contributed by atoms with van der Waals surface area (Å²) < 4.78 is 15.6. The van der Waals surface area contributed by atoms with Gasteiger partial charge in [0.25, 0.3) is 0 Å². The molecule has 0 aliphatic carbocycles. The molecule has 0 atom stereocenters. The lowest BCUT2D eigenvalue weighted by atomic mass is 9.90. The van der Waals surface area contributed by atoms with Crippen molar-refractivity contribution >= 4 is 301 Å². The van der Waals surface area contributed by atoms with Crippen molar-refractivity contribution in [3.8, 4) is 0 Å². The minimum absolute atomic E-state index is 1.14. The highest BCUT2D eigenvalue weighted by Gasteiger charge is 2.30. The Kier molecular flexibility index (Phi) is 9.85. The largest absolute Gasteiger partial charge is 0.0489 e. The quantitative estimate of drug-likeness (QED) is 0.0627. The van der Waals surface area contributed by atoms with Gasteiger partial charge >= 0.3 is 0 Å². The Labute approximate surface area is 336 Å². The molecule has 0 fully saturated rings. The van der Waals surface area contributed by atoms with Crippen LogP contribution in [0.15, 0.2) is 8.95 Å². The molecule has 0 saturated carbocycles. The summed E-state index contributed by atoms with van der Waals surface area (Å²) in [5.74, 6) is 0. The van der Waals surface area contributed by atoms with Gasteiger partial charge in [-0.15, -0.1) is 0 Å². The Balaban J connectivity index is 2.44. The summed E-state index contributed by atoms with van der Waals surface area (Å²) >= 11 is 33.5. The van der Waals surface area contributed by atoms with Crippen molar-refractivity contribution in [2.45, 2.75) is 0 Å². The topological polar surface area (TPSA) is 0 Å². The average Bonchev–Trinajstić information content (AvgIpc) is 2.76. The third kappa shape index (κ3) is 4.15. The van der Waals surface area contributed by atoms with Crippen molar-refractivity contribution in [1.29, 1.82) is 0 Å². The zero-order chi connectivity index (χ0) is 23.5. The zero-order valence-electron chi connectivity index (χ0n) is 14.5. The molecule has 0 aliphatic heterocycles. The van der Waals surface area contributed by atoms with Gasteiger partial charge < -0.3 is 0 Å². The molecular formula is C20Br2I10. The molecule has 0 radical (unpaired) electrons. The molecule has 0 unspecified atom stereocenters. The highest BCUT2D eigenvalue weighted by atomic mass is 127. The fraction of sp³-hybridized carbons (Fsp3) is 0. The number of benzene rings is 5. The molecule has 32 heavy (non-hydrogen) atoms. The van der Waals surface area contributed by atoms with Gasteiger partial charge in [-0.3, -0.25) is 0 Å². The summed E-state index contributed by atoms with van der Waals surface area (Å²) in [6.07, 6.45) is 0. The molecule has 0 nitrogen and oxygen atoms in total. The number of hydrogen-bond donors (Lipinski definition) is 0. The maximum atomic E-state index is 4.02. The summed E-state index contributed by atoms with van der Waals surface area (Å²) in [5, 5.41) is 11.0. The molecule has 0 heterocycles. The van der Waals surface area contributed by atoms with Gasteiger partial charge in [-0.05, 0) is 258 Å². The van der Waals surface area contributed by atoms with Crippen LogP contribution in [0.1, 0.15) is 0 Å². The molecule has 0 saturated heterocycles. The standard InChI is InChI=1S/C20Br2I10/c21-9-3-1-5(13(25)19(31)15(27)7(1)11(23)10(9)22)6-2-4(3)12(24)18(30)16(28)8(2)17(29)20(32)14(6)26. The van der Waals surface area contributed by atoms with Crippen molar-refractivity contribution in [1.82, 2.24) is 0 Å². The van der Waals surface area contributed by atoms with Gasteiger partial charge in [0.2, 0.25) is 0 Å². The summed E-state index contributed by atoms with van der Waals surface area (Å²) in [6, 6.07) is 0. The van der Waals surface area contributed by atoms with Crippen LogP contribution >= 0.6 is 258 Å². The fourth-order valence-corrected chi connectivity index (χ4v) is 15.2. The van der Waals surface area contributed by atoms with Gasteiger partial charge in [-0.25, -0.2) is 0 Å². The van der Waals surface area contributed by atoms with Crippen LogP contribution in [0.25, 0.3) is 43.1 Å². The Hall–Kier alpha value is 5.66. The van der Waals surface area contributed by atoms with Crippen LogP contribution in [0.2, 0.25) is 0 Å². The molecule has 5 rings (SSSR count). The first-order valence-corrected chi connectivity index (χ1v) is 20.6. The Morgan fingerprint density at radius 3 is 0.938 bits per heavy atom. The number of halogens is 12. The van der Waals surface area contributed by atoms with Gasteiger partial charge in [0.05, 0.1) is 0 Å². The Morgan fingerprint density at radius 2 is 0.531 bits per heavy atom. The maximum absolute atomic E-state index is 4.02. The van der Waals surface area contributed by atoms with Crippen LogP contribution in [0.3, 0.4) is 0 Å². The molecule has 5 aromatic rings. The van der Waals surface area contributed by atoms with Gasteiger partial charge in [0.15, 0.2) is 0 Å². The first-order chi connectivity index (χ1) is 14.9. The van der Waals surface area contributed by atoms with Gasteiger partial charge in [0.1, 0.15) is 0 Å². The van der Waals surface area contributed by atoms with Crippen LogP contribution in [-0.2, 0) is 0 Å². The number of hydrogen-bond acceptors (Lipinski definition) is 0. The van der Waals surface area contributed by atoms with E-state index in [0.717, 1.165) is 8.95 Å². The minimum atomic E-state index is 1.14. The van der Waals surface area contributed by atoms with Gasteiger partial charge in [0, 0.05) is 87.7 Å². The van der Waals surface area contributed by atoms with Crippen molar-refractivity contribution in [3.05, 3.63) is 44.6 Å². The van der Waals surface area contributed by atoms with E-state index in [2.05, 4.69) is 258 Å². The van der Waals surface area contributed by atoms with Gasteiger partial charge in [-0.2, -0.15) is 0 Å². The molecule has 164 valence electrons. The van der Waals surface area contributed by atoms with Crippen molar-refractivity contribution < 1.29 is 0 Å². The normalized spacial score (nSPS) is 12.4. The van der Waals surface area contributed by atoms with Crippen LogP contribution < -0.4 is 0 Å². The second-order valence-corrected chi connectivity index (χ2v) is 19.1. The lowest BCUT2D eigenvalue weighted by Crippen LogP contribution is -2.04. The van der Waals surface area contributed by atoms with Gasteiger partial charge in [-0.1, -0.05) is 0 Å². The molecule has 0 N–H and O–H groups in total. The number of fused-ring (bicyclic) bond motifs is 2. The molecular weight excluding hydrogens is 1670 g/mol. The van der Waals surface area contributed by atoms with Crippen molar-refractivity contribution in [2.24, 2.45) is 0 Å². The molecule has 0 spiro atoms. The lowest BCUT2D eigenvalue weighted by molar-refractivity contribution is 1.55. The SMILES string of the molecule is Brc1c(I)c2c(I)c(I)c(I)c3c4c(I)c(I)c(I)c5c(I)c(I)c(I)c(c(c1Br)c23)c54. The maximum Gasteiger partial charge on any atom is 0.0464 e. The highest BCUT2D eigenvalue weighted by molar-refractivity contribution is 14.1. The van der Waals surface area contributed by atoms with Crippen molar-refractivity contribution in [2.75, 3.05) is 0 Å². The van der Waals surface area contributed by atoms with E-state index in [1.54, 1.807) is 0 Å². The van der Waals surface area contributed by atoms with Crippen LogP contribution in [0.4, 0.5) is 0 Å². The summed E-state index contributed by atoms with van der Waals surface area (Å²) in [5.41, 5.74) is 0. The zero-order valence-corrected chi connectivity index (χ0v) is 39.3. The van der Waals surface area contributed by atoms with E-state index in [1.807, 2.05) is 0 Å². The molecule has 5 aromatic carbocycles. The Morgan fingerprint density at radius 1 is 0.250 bits per heavy atom. The predicted octanol–water partition coefficient (Wildman–Crippen LogP) is 13.3. The number of rotatable bonds is 0. The monoisotopic (exact) mass is 1670 g/mol. The Bertz CT molecular complexity index is 1450. The second-order valence-electron chi connectivity index (χ2n) is 6.77. The van der Waals surface area contributed by atoms with E-state index in [9.17, 15) is 0 Å². The average molecular weight is 1670 g/mol. The first kappa shape index (κ1) is 29.2. The van der Waals surface area contributed by atoms with E-state index >= 15 is 0 Å². The predicted molar refractivity (Wildman–Crippen MR) is 230 cm³/mol. The summed E-state index contributed by atoms with van der Waals surface area (Å²) in [7, 11) is 0. The molecule has 0 bridgehead atoms. The summed E-state index contributed by atoms with van der Waals surface area (Å²) in [6.45, 7) is 0. The van der Waals surface area contributed by atoms with Crippen LogP contribution in [0.5, 0.6) is 0 Å². The minimum Gasteiger partial charge on any atom is -0.0489 e. The fourth-order valence-electron chi connectivity index (χ4n) is 4.02. The lowest BCUT2D eigenvalue weighted by Gasteiger charge is -2.24. The molecule has 0 aliphatic rings. The third-order valence-electron chi connectivity index (χ3n) is 5.30. The molecule has 0 amide bonds. The summed E-state index contributed by atoms with van der Waals surface area (Å²) in [4.78, 5) is 0. The second kappa shape index (κ2) is 10.8. The van der Waals surface area contributed by atoms with Crippen LogP contribution in [-0.4, -0.2) is 0 Å². The third-order valence-corrected chi connectivity index (χ3v) is 25.1. The van der Waals surface area contributed by atoms with Crippen LogP contribution in [0, 0.1) is 35.7 Å². The van der Waals surface area contributed by atoms with E-state index < -0.39 is 0 Å². The smallest absolute Gasteiger partial charge is 0.0464 e. The van der Waals surface area contributed by atoms with E-state index in [-0.39, 0.29) is 0 Å².